The summed E-state index contributed by atoms with van der Waals surface area (Å²) in [5.41, 5.74) is -1.75. The minimum Gasteiger partial charge on any atom is -0.372 e. The largest absolute Gasteiger partial charge is 0.372 e. The molecule has 0 bridgehead atoms. The number of carbonyl (C=O) groups is 2. The highest BCUT2D eigenvalue weighted by Gasteiger charge is 2.53. The van der Waals surface area contributed by atoms with Crippen LogP contribution in [-0.4, -0.2) is 60.2 Å². The van der Waals surface area contributed by atoms with Gasteiger partial charge in [0.05, 0.1) is 5.75 Å². The Morgan fingerprint density at radius 2 is 1.97 bits per heavy atom. The van der Waals surface area contributed by atoms with E-state index < -0.39 is 33.3 Å². The summed E-state index contributed by atoms with van der Waals surface area (Å²) in [6.07, 6.45) is 2.30. The Morgan fingerprint density at radius 1 is 1.29 bits per heavy atom. The highest BCUT2D eigenvalue weighted by atomic mass is 35.5. The summed E-state index contributed by atoms with van der Waals surface area (Å²) in [6, 6.07) is 3.52. The number of likely N-dealkylation sites (tertiary alicyclic amines) is 1. The van der Waals surface area contributed by atoms with Gasteiger partial charge in [-0.25, -0.2) is 17.5 Å². The van der Waals surface area contributed by atoms with Crippen LogP contribution in [0.15, 0.2) is 18.2 Å². The third-order valence-electron chi connectivity index (χ3n) is 5.94. The van der Waals surface area contributed by atoms with Gasteiger partial charge >= 0.3 is 0 Å². The summed E-state index contributed by atoms with van der Waals surface area (Å²) in [5.74, 6) is -2.01. The van der Waals surface area contributed by atoms with Gasteiger partial charge in [0, 0.05) is 36.6 Å². The molecule has 1 unspecified atom stereocenters. The van der Waals surface area contributed by atoms with Crippen molar-refractivity contribution in [3.8, 4) is 0 Å². The van der Waals surface area contributed by atoms with E-state index >= 15 is 0 Å². The van der Waals surface area contributed by atoms with Crippen LogP contribution in [0.25, 0.3) is 0 Å². The molecule has 0 aromatic heterocycles. The van der Waals surface area contributed by atoms with Crippen LogP contribution in [0, 0.1) is 5.82 Å². The molecule has 1 saturated carbocycles. The van der Waals surface area contributed by atoms with Gasteiger partial charge in [-0.1, -0.05) is 11.6 Å². The molecule has 0 radical (unpaired) electrons. The first-order valence-corrected chi connectivity index (χ1v) is 12.3. The van der Waals surface area contributed by atoms with Crippen molar-refractivity contribution in [1.29, 1.82) is 0 Å². The number of carbonyl (C=O) groups excluding carboxylic acids is 2. The van der Waals surface area contributed by atoms with Crippen molar-refractivity contribution < 1.29 is 27.5 Å². The Balaban J connectivity index is 1.56. The van der Waals surface area contributed by atoms with E-state index in [9.17, 15) is 27.5 Å². The molecule has 3 rings (SSSR count). The fraction of sp³-hybridized carbons (Fsp3) is 0.600. The van der Waals surface area contributed by atoms with Crippen LogP contribution in [0.1, 0.15) is 44.6 Å². The van der Waals surface area contributed by atoms with Crippen LogP contribution in [-0.2, 0) is 26.2 Å². The zero-order valence-electron chi connectivity index (χ0n) is 17.2. The lowest BCUT2D eigenvalue weighted by molar-refractivity contribution is -0.155. The highest BCUT2D eigenvalue weighted by molar-refractivity contribution is 7.89. The second-order valence-electron chi connectivity index (χ2n) is 8.10. The zero-order valence-corrected chi connectivity index (χ0v) is 18.8. The number of nitrogens with one attached hydrogen (secondary N) is 2. The van der Waals surface area contributed by atoms with Gasteiger partial charge in [-0.3, -0.25) is 9.59 Å². The first kappa shape index (κ1) is 23.9. The summed E-state index contributed by atoms with van der Waals surface area (Å²) in [6.45, 7) is 1.74. The summed E-state index contributed by atoms with van der Waals surface area (Å²) in [5, 5.41) is 13.4. The molecule has 1 heterocycles. The van der Waals surface area contributed by atoms with Crippen molar-refractivity contribution in [3.63, 3.8) is 0 Å². The molecule has 31 heavy (non-hydrogen) atoms. The van der Waals surface area contributed by atoms with Crippen molar-refractivity contribution in [2.45, 2.75) is 63.3 Å². The molecule has 8 nitrogen and oxygen atoms in total. The maximum atomic E-state index is 13.4. The minimum atomic E-state index is -3.29. The van der Waals surface area contributed by atoms with E-state index in [4.69, 9.17) is 11.6 Å². The fourth-order valence-electron chi connectivity index (χ4n) is 4.17. The van der Waals surface area contributed by atoms with Gasteiger partial charge in [0.1, 0.15) is 5.82 Å². The first-order valence-electron chi connectivity index (χ1n) is 10.3. The molecular weight excluding hydrogens is 449 g/mol. The molecule has 0 spiro atoms. The predicted molar refractivity (Wildman–Crippen MR) is 113 cm³/mol. The molecule has 1 aromatic carbocycles. The van der Waals surface area contributed by atoms with Gasteiger partial charge < -0.3 is 15.3 Å². The van der Waals surface area contributed by atoms with Crippen molar-refractivity contribution in [3.05, 3.63) is 34.6 Å². The molecular formula is C20H27ClFN3O5S. The summed E-state index contributed by atoms with van der Waals surface area (Å²) < 4.78 is 39.6. The van der Waals surface area contributed by atoms with Crippen LogP contribution in [0.4, 0.5) is 4.39 Å². The van der Waals surface area contributed by atoms with E-state index in [2.05, 4.69) is 10.0 Å². The number of hydrogen-bond acceptors (Lipinski definition) is 5. The molecule has 2 amide bonds. The minimum absolute atomic E-state index is 0.0154. The normalized spacial score (nSPS) is 26.8. The van der Waals surface area contributed by atoms with Gasteiger partial charge in [0.15, 0.2) is 0 Å². The van der Waals surface area contributed by atoms with Crippen molar-refractivity contribution >= 4 is 33.4 Å². The summed E-state index contributed by atoms with van der Waals surface area (Å²) in [4.78, 5) is 27.0. The maximum absolute atomic E-state index is 13.4. The molecule has 1 atom stereocenters. The Hall–Kier alpha value is -1.75. The van der Waals surface area contributed by atoms with Crippen molar-refractivity contribution in [2.75, 3.05) is 12.3 Å². The molecule has 1 saturated heterocycles. The summed E-state index contributed by atoms with van der Waals surface area (Å²) >= 11 is 5.80. The van der Waals surface area contributed by atoms with E-state index in [0.29, 0.717) is 31.2 Å². The average molecular weight is 476 g/mol. The maximum Gasteiger partial charge on any atom is 0.264 e. The third-order valence-corrected chi connectivity index (χ3v) is 7.61. The van der Waals surface area contributed by atoms with Gasteiger partial charge in [-0.15, -0.1) is 0 Å². The lowest BCUT2D eigenvalue weighted by Crippen LogP contribution is -2.54. The Morgan fingerprint density at radius 3 is 2.58 bits per heavy atom. The van der Waals surface area contributed by atoms with Crippen LogP contribution in [0.3, 0.4) is 0 Å². The van der Waals surface area contributed by atoms with E-state index in [1.165, 1.54) is 17.0 Å². The van der Waals surface area contributed by atoms with Crippen molar-refractivity contribution in [1.82, 2.24) is 14.9 Å². The highest BCUT2D eigenvalue weighted by Crippen LogP contribution is 2.31. The number of sulfonamides is 1. The van der Waals surface area contributed by atoms with Crippen molar-refractivity contribution in [2.24, 2.45) is 0 Å². The average Bonchev–Trinajstić information content (AvgIpc) is 3.02. The quantitative estimate of drug-likeness (QED) is 0.514. The Kier molecular flexibility index (Phi) is 7.25. The predicted octanol–water partition coefficient (Wildman–Crippen LogP) is 1.31. The number of nitrogens with zero attached hydrogens (tertiary/aromatic N) is 1. The van der Waals surface area contributed by atoms with Gasteiger partial charge in [-0.05, 0) is 56.4 Å². The first-order chi connectivity index (χ1) is 14.5. The number of rotatable bonds is 7. The molecule has 2 fully saturated rings. The van der Waals surface area contributed by atoms with Crippen LogP contribution < -0.4 is 10.0 Å². The third kappa shape index (κ3) is 5.54. The van der Waals surface area contributed by atoms with Crippen LogP contribution in [0.2, 0.25) is 5.02 Å². The number of amides is 2. The number of halogens is 2. The zero-order chi connectivity index (χ0) is 22.8. The number of benzene rings is 1. The lowest BCUT2D eigenvalue weighted by Gasteiger charge is -2.35. The van der Waals surface area contributed by atoms with Crippen LogP contribution >= 0.6 is 11.6 Å². The van der Waals surface area contributed by atoms with Crippen LogP contribution in [0.5, 0.6) is 0 Å². The van der Waals surface area contributed by atoms with E-state index in [1.54, 1.807) is 6.92 Å². The second kappa shape index (κ2) is 9.40. The van der Waals surface area contributed by atoms with Gasteiger partial charge in [-0.2, -0.15) is 0 Å². The van der Waals surface area contributed by atoms with E-state index in [-0.39, 0.29) is 42.4 Å². The molecule has 3 N–H and O–H groups in total. The monoisotopic (exact) mass is 475 g/mol. The lowest BCUT2D eigenvalue weighted by atomic mass is 9.90. The molecule has 1 aliphatic carbocycles. The summed E-state index contributed by atoms with van der Waals surface area (Å²) in [7, 11) is -3.29. The molecule has 172 valence electrons. The van der Waals surface area contributed by atoms with E-state index in [1.807, 2.05) is 0 Å². The Labute approximate surface area is 186 Å². The molecule has 1 aromatic rings. The van der Waals surface area contributed by atoms with E-state index in [0.717, 1.165) is 6.07 Å². The fourth-order valence-corrected chi connectivity index (χ4v) is 5.33. The number of hydrogen-bond donors (Lipinski definition) is 3. The topological polar surface area (TPSA) is 116 Å². The van der Waals surface area contributed by atoms with Gasteiger partial charge in [0.2, 0.25) is 15.6 Å². The number of aliphatic hydroxyl groups is 1. The SMILES string of the molecule is CCS(=O)(=O)N[C@H]1CC[C@H](N2CCC(O)(C(=O)NCc3cc(F)cc(Cl)c3)C2=O)CC1. The standard InChI is InChI=1S/C20H27ClFN3O5S/c1-2-31(29,30)24-16-3-5-17(6-4-16)25-8-7-20(28,19(25)27)18(26)23-12-13-9-14(21)11-15(22)10-13/h9-11,16-17,24,28H,2-8,12H2,1H3,(H,23,26)/t16-,17-,20?. The Bertz CT molecular complexity index is 932. The van der Waals surface area contributed by atoms with Gasteiger partial charge in [0.25, 0.3) is 11.8 Å². The molecule has 2 aliphatic rings. The molecule has 11 heteroatoms. The second-order valence-corrected chi connectivity index (χ2v) is 10.6. The smallest absolute Gasteiger partial charge is 0.264 e. The molecule has 1 aliphatic heterocycles.